The highest BCUT2D eigenvalue weighted by Crippen LogP contribution is 2.26. The molecule has 5 nitrogen and oxygen atoms in total. The van der Waals surface area contributed by atoms with Crippen molar-refractivity contribution in [3.05, 3.63) is 28.8 Å². The monoisotopic (exact) mass is 359 g/mol. The van der Waals surface area contributed by atoms with Gasteiger partial charge in [-0.05, 0) is 18.2 Å². The molecule has 20 heavy (non-hydrogen) atoms. The molecule has 1 aromatic carbocycles. The van der Waals surface area contributed by atoms with Crippen LogP contribution in [-0.4, -0.2) is 22.3 Å². The highest BCUT2D eigenvalue weighted by atomic mass is 35.6. The Kier molecular flexibility index (Phi) is 6.36. The number of alkyl halides is 3. The standard InChI is InChI=1S/C11H9Cl4NO4/c1-6(17)20-9-3-2-7(12)4-8(9)10(18)16-19-5-11(13,14)15/h2-4H,5H2,1H3,(H,16,18). The van der Waals surface area contributed by atoms with Crippen LogP contribution in [0.2, 0.25) is 5.02 Å². The van der Waals surface area contributed by atoms with E-state index in [0.29, 0.717) is 0 Å². The highest BCUT2D eigenvalue weighted by molar-refractivity contribution is 6.67. The predicted molar refractivity (Wildman–Crippen MR) is 76.5 cm³/mol. The molecular weight excluding hydrogens is 352 g/mol. The Morgan fingerprint density at radius 3 is 2.50 bits per heavy atom. The van der Waals surface area contributed by atoms with Gasteiger partial charge >= 0.3 is 5.97 Å². The molecule has 0 aliphatic rings. The minimum absolute atomic E-state index is 0.0111. The summed E-state index contributed by atoms with van der Waals surface area (Å²) in [4.78, 5) is 27.6. The average molecular weight is 361 g/mol. The topological polar surface area (TPSA) is 64.6 Å². The Bertz CT molecular complexity index is 516. The highest BCUT2D eigenvalue weighted by Gasteiger charge is 2.21. The number of halogens is 4. The Balaban J connectivity index is 2.80. The van der Waals surface area contributed by atoms with Crippen molar-refractivity contribution in [2.45, 2.75) is 10.7 Å². The van der Waals surface area contributed by atoms with Gasteiger partial charge in [-0.3, -0.25) is 14.4 Å². The van der Waals surface area contributed by atoms with Crippen molar-refractivity contribution in [3.8, 4) is 5.75 Å². The first-order valence-electron chi connectivity index (χ1n) is 5.16. The van der Waals surface area contributed by atoms with Gasteiger partial charge in [0.15, 0.2) is 0 Å². The molecule has 0 atom stereocenters. The number of amides is 1. The first kappa shape index (κ1) is 17.3. The summed E-state index contributed by atoms with van der Waals surface area (Å²) in [6.45, 7) is 0.850. The molecule has 0 aliphatic heterocycles. The summed E-state index contributed by atoms with van der Waals surface area (Å²) in [6.07, 6.45) is 0. The Labute approximate surface area is 135 Å². The van der Waals surface area contributed by atoms with E-state index in [1.807, 2.05) is 0 Å². The largest absolute Gasteiger partial charge is 0.426 e. The number of nitrogens with one attached hydrogen (secondary N) is 1. The van der Waals surface area contributed by atoms with Gasteiger partial charge in [0.25, 0.3) is 5.91 Å². The molecule has 110 valence electrons. The number of hydroxylamine groups is 1. The molecule has 1 aromatic rings. The second-order valence-electron chi connectivity index (χ2n) is 3.57. The predicted octanol–water partition coefficient (Wildman–Crippen LogP) is 3.30. The molecule has 0 saturated carbocycles. The summed E-state index contributed by atoms with van der Waals surface area (Å²) >= 11 is 22.1. The third-order valence-electron chi connectivity index (χ3n) is 1.84. The van der Waals surface area contributed by atoms with E-state index in [2.05, 4.69) is 5.48 Å². The number of hydrogen-bond acceptors (Lipinski definition) is 4. The zero-order valence-corrected chi connectivity index (χ0v) is 13.1. The van der Waals surface area contributed by atoms with Crippen molar-refractivity contribution in [3.63, 3.8) is 0 Å². The number of ether oxygens (including phenoxy) is 1. The molecule has 0 unspecified atom stereocenters. The fraction of sp³-hybridized carbons (Fsp3) is 0.273. The van der Waals surface area contributed by atoms with E-state index < -0.39 is 15.7 Å². The molecule has 0 fully saturated rings. The van der Waals surface area contributed by atoms with Gasteiger partial charge in [-0.25, -0.2) is 5.48 Å². The van der Waals surface area contributed by atoms with Gasteiger partial charge in [0.1, 0.15) is 12.4 Å². The number of benzene rings is 1. The van der Waals surface area contributed by atoms with Crippen LogP contribution in [0.15, 0.2) is 18.2 Å². The summed E-state index contributed by atoms with van der Waals surface area (Å²) in [7, 11) is 0. The Hall–Kier alpha value is -0.720. The minimum atomic E-state index is -1.67. The maximum absolute atomic E-state index is 11.9. The van der Waals surface area contributed by atoms with Gasteiger partial charge in [0, 0.05) is 11.9 Å². The van der Waals surface area contributed by atoms with Crippen molar-refractivity contribution in [2.75, 3.05) is 6.61 Å². The zero-order chi connectivity index (χ0) is 15.3. The SMILES string of the molecule is CC(=O)Oc1ccc(Cl)cc1C(=O)NOCC(Cl)(Cl)Cl. The van der Waals surface area contributed by atoms with E-state index in [4.69, 9.17) is 56.0 Å². The molecule has 0 spiro atoms. The molecule has 0 radical (unpaired) electrons. The van der Waals surface area contributed by atoms with E-state index in [0.717, 1.165) is 0 Å². The second kappa shape index (κ2) is 7.33. The quantitative estimate of drug-likeness (QED) is 0.387. The lowest BCUT2D eigenvalue weighted by atomic mass is 10.2. The molecule has 0 bridgehead atoms. The summed E-state index contributed by atoms with van der Waals surface area (Å²) in [5.74, 6) is -1.24. The van der Waals surface area contributed by atoms with Crippen molar-refractivity contribution in [1.82, 2.24) is 5.48 Å². The molecule has 0 aromatic heterocycles. The molecule has 0 saturated heterocycles. The molecule has 0 heterocycles. The van der Waals surface area contributed by atoms with Crippen LogP contribution in [-0.2, 0) is 9.63 Å². The van der Waals surface area contributed by atoms with Gasteiger partial charge in [0.2, 0.25) is 3.79 Å². The maximum Gasteiger partial charge on any atom is 0.308 e. The molecular formula is C11H9Cl4NO4. The molecule has 1 N–H and O–H groups in total. The third-order valence-corrected chi connectivity index (χ3v) is 2.40. The lowest BCUT2D eigenvalue weighted by molar-refractivity contribution is -0.131. The van der Waals surface area contributed by atoms with E-state index in [-0.39, 0.29) is 22.9 Å². The van der Waals surface area contributed by atoms with Crippen LogP contribution in [0.4, 0.5) is 0 Å². The van der Waals surface area contributed by atoms with Gasteiger partial charge in [-0.2, -0.15) is 0 Å². The summed E-state index contributed by atoms with van der Waals surface area (Å²) in [6, 6.07) is 4.17. The number of hydrogen-bond donors (Lipinski definition) is 1. The third kappa shape index (κ3) is 6.15. The van der Waals surface area contributed by atoms with Crippen LogP contribution in [0.25, 0.3) is 0 Å². The van der Waals surface area contributed by atoms with Gasteiger partial charge < -0.3 is 4.74 Å². The number of carbonyl (C=O) groups is 2. The maximum atomic E-state index is 11.9. The summed E-state index contributed by atoms with van der Waals surface area (Å²) in [5.41, 5.74) is 2.07. The number of rotatable bonds is 4. The van der Waals surface area contributed by atoms with Crippen LogP contribution in [0, 0.1) is 0 Å². The average Bonchev–Trinajstić information content (AvgIpc) is 2.29. The van der Waals surface area contributed by atoms with Gasteiger partial charge in [0.05, 0.1) is 5.56 Å². The Morgan fingerprint density at radius 1 is 1.30 bits per heavy atom. The van der Waals surface area contributed by atoms with Crippen LogP contribution < -0.4 is 10.2 Å². The van der Waals surface area contributed by atoms with Crippen molar-refractivity contribution < 1.29 is 19.2 Å². The van der Waals surface area contributed by atoms with E-state index in [9.17, 15) is 9.59 Å². The number of esters is 1. The Morgan fingerprint density at radius 2 is 1.95 bits per heavy atom. The van der Waals surface area contributed by atoms with Crippen LogP contribution in [0.3, 0.4) is 0 Å². The van der Waals surface area contributed by atoms with E-state index >= 15 is 0 Å². The van der Waals surface area contributed by atoms with Gasteiger partial charge in [-0.15, -0.1) is 0 Å². The van der Waals surface area contributed by atoms with E-state index in [1.165, 1.54) is 25.1 Å². The van der Waals surface area contributed by atoms with Crippen molar-refractivity contribution in [1.29, 1.82) is 0 Å². The van der Waals surface area contributed by atoms with E-state index in [1.54, 1.807) is 0 Å². The van der Waals surface area contributed by atoms with Crippen molar-refractivity contribution in [2.24, 2.45) is 0 Å². The van der Waals surface area contributed by atoms with Crippen LogP contribution >= 0.6 is 46.4 Å². The first-order chi connectivity index (χ1) is 9.19. The van der Waals surface area contributed by atoms with Crippen molar-refractivity contribution >= 4 is 58.3 Å². The molecule has 0 aliphatic carbocycles. The second-order valence-corrected chi connectivity index (χ2v) is 6.52. The lowest BCUT2D eigenvalue weighted by Crippen LogP contribution is -2.28. The van der Waals surface area contributed by atoms with Gasteiger partial charge in [-0.1, -0.05) is 46.4 Å². The summed E-state index contributed by atoms with van der Waals surface area (Å²) in [5, 5.41) is 0.285. The summed E-state index contributed by atoms with van der Waals surface area (Å²) < 4.78 is 3.21. The molecule has 1 amide bonds. The smallest absolute Gasteiger partial charge is 0.308 e. The fourth-order valence-electron chi connectivity index (χ4n) is 1.16. The molecule has 1 rings (SSSR count). The lowest BCUT2D eigenvalue weighted by Gasteiger charge is -2.13. The zero-order valence-electron chi connectivity index (χ0n) is 10.1. The van der Waals surface area contributed by atoms with Crippen LogP contribution in [0.1, 0.15) is 17.3 Å². The molecule has 9 heteroatoms. The first-order valence-corrected chi connectivity index (χ1v) is 6.67. The normalized spacial score (nSPS) is 11.1. The fourth-order valence-corrected chi connectivity index (χ4v) is 1.50. The minimum Gasteiger partial charge on any atom is -0.426 e. The van der Waals surface area contributed by atoms with Crippen LogP contribution in [0.5, 0.6) is 5.75 Å². The number of carbonyl (C=O) groups excluding carboxylic acids is 2.